The summed E-state index contributed by atoms with van der Waals surface area (Å²) >= 11 is 9.46. The lowest BCUT2D eigenvalue weighted by molar-refractivity contribution is -0.129. The molecule has 0 fully saturated rings. The molecule has 7 heteroatoms. The number of ether oxygens (including phenoxy) is 2. The number of hydrogen-bond donors (Lipinski definition) is 0. The molecule has 0 N–H and O–H groups in total. The number of cyclic esters (lactones) is 1. The Kier molecular flexibility index (Phi) is 5.79. The normalized spacial score (nSPS) is 14.4. The van der Waals surface area contributed by atoms with Gasteiger partial charge < -0.3 is 9.47 Å². The van der Waals surface area contributed by atoms with Gasteiger partial charge in [0.2, 0.25) is 5.90 Å². The molecular weight excluding hydrogens is 470 g/mol. The summed E-state index contributed by atoms with van der Waals surface area (Å²) < 4.78 is 11.4. The highest BCUT2D eigenvalue weighted by molar-refractivity contribution is 9.10. The fraction of sp³-hybridized carbons (Fsp3) is 0. The van der Waals surface area contributed by atoms with Crippen LogP contribution < -0.4 is 4.74 Å². The van der Waals surface area contributed by atoms with E-state index in [4.69, 9.17) is 21.1 Å². The van der Waals surface area contributed by atoms with Crippen LogP contribution in [0.15, 0.2) is 88.0 Å². The third kappa shape index (κ3) is 4.50. The highest BCUT2D eigenvalue weighted by Gasteiger charge is 2.25. The predicted molar refractivity (Wildman–Crippen MR) is 118 cm³/mol. The van der Waals surface area contributed by atoms with Gasteiger partial charge in [0.1, 0.15) is 5.75 Å². The van der Waals surface area contributed by atoms with Gasteiger partial charge in [0.25, 0.3) is 0 Å². The molecule has 0 bridgehead atoms. The van der Waals surface area contributed by atoms with Crippen molar-refractivity contribution in [3.05, 3.63) is 105 Å². The van der Waals surface area contributed by atoms with Crippen LogP contribution in [0.5, 0.6) is 5.75 Å². The van der Waals surface area contributed by atoms with E-state index in [9.17, 15) is 9.59 Å². The van der Waals surface area contributed by atoms with Crippen molar-refractivity contribution in [1.82, 2.24) is 0 Å². The molecular formula is C23H13BrClNO4. The second-order valence-electron chi connectivity index (χ2n) is 6.28. The number of esters is 2. The number of hydrogen-bond acceptors (Lipinski definition) is 5. The minimum Gasteiger partial charge on any atom is -0.423 e. The lowest BCUT2D eigenvalue weighted by atomic mass is 10.2. The topological polar surface area (TPSA) is 65.0 Å². The molecule has 0 aliphatic carbocycles. The molecule has 1 aliphatic rings. The molecule has 0 atom stereocenters. The lowest BCUT2D eigenvalue weighted by Gasteiger charge is -2.05. The first kappa shape index (κ1) is 20.1. The van der Waals surface area contributed by atoms with Crippen LogP contribution in [0.4, 0.5) is 0 Å². The Morgan fingerprint density at radius 2 is 1.80 bits per heavy atom. The van der Waals surface area contributed by atoms with Crippen molar-refractivity contribution < 1.29 is 19.1 Å². The molecule has 0 amide bonds. The van der Waals surface area contributed by atoms with Crippen LogP contribution in [-0.4, -0.2) is 17.8 Å². The van der Waals surface area contributed by atoms with Gasteiger partial charge in [0.05, 0.1) is 16.1 Å². The first-order valence-corrected chi connectivity index (χ1v) is 10.0. The molecule has 1 heterocycles. The van der Waals surface area contributed by atoms with Crippen LogP contribution in [0, 0.1) is 0 Å². The van der Waals surface area contributed by atoms with Crippen molar-refractivity contribution in [2.45, 2.75) is 0 Å². The number of rotatable bonds is 4. The van der Waals surface area contributed by atoms with Gasteiger partial charge in [0, 0.05) is 4.47 Å². The molecule has 0 saturated carbocycles. The monoisotopic (exact) mass is 481 g/mol. The summed E-state index contributed by atoms with van der Waals surface area (Å²) in [6.07, 6.45) is 1.59. The van der Waals surface area contributed by atoms with Crippen LogP contribution in [0.3, 0.4) is 0 Å². The van der Waals surface area contributed by atoms with Gasteiger partial charge in [-0.25, -0.2) is 14.6 Å². The van der Waals surface area contributed by atoms with Crippen molar-refractivity contribution >= 4 is 51.4 Å². The smallest absolute Gasteiger partial charge is 0.363 e. The Balaban J connectivity index is 1.50. The van der Waals surface area contributed by atoms with Crippen LogP contribution in [0.25, 0.3) is 6.08 Å². The van der Waals surface area contributed by atoms with Gasteiger partial charge in [-0.1, -0.05) is 57.9 Å². The number of aliphatic imine (C=N–C) groups is 1. The van der Waals surface area contributed by atoms with E-state index in [-0.39, 0.29) is 11.6 Å². The number of carbonyl (C=O) groups is 2. The SMILES string of the molecule is O=C1OC(c2ccccc2Cl)=N/C1=C\c1ccc(OC(=O)c2cccc(Br)c2)cc1. The van der Waals surface area contributed by atoms with Gasteiger partial charge in [-0.05, 0) is 54.1 Å². The third-order valence-corrected chi connectivity index (χ3v) is 5.00. The Morgan fingerprint density at radius 1 is 1.03 bits per heavy atom. The van der Waals surface area contributed by atoms with Crippen LogP contribution in [0.1, 0.15) is 21.5 Å². The number of halogens is 2. The quantitative estimate of drug-likeness (QED) is 0.273. The molecule has 5 nitrogen and oxygen atoms in total. The maximum absolute atomic E-state index is 12.2. The second-order valence-corrected chi connectivity index (χ2v) is 7.61. The first-order valence-electron chi connectivity index (χ1n) is 8.85. The largest absolute Gasteiger partial charge is 0.423 e. The van der Waals surface area contributed by atoms with E-state index >= 15 is 0 Å². The summed E-state index contributed by atoms with van der Waals surface area (Å²) in [7, 11) is 0. The van der Waals surface area contributed by atoms with Gasteiger partial charge in [0.15, 0.2) is 5.70 Å². The van der Waals surface area contributed by atoms with Crippen molar-refractivity contribution in [3.8, 4) is 5.75 Å². The van der Waals surface area contributed by atoms with E-state index in [1.54, 1.807) is 72.8 Å². The van der Waals surface area contributed by atoms with Gasteiger partial charge in [-0.2, -0.15) is 0 Å². The Labute approximate surface area is 185 Å². The lowest BCUT2D eigenvalue weighted by Crippen LogP contribution is -2.08. The molecule has 30 heavy (non-hydrogen) atoms. The zero-order valence-electron chi connectivity index (χ0n) is 15.3. The van der Waals surface area contributed by atoms with Crippen molar-refractivity contribution in [1.29, 1.82) is 0 Å². The first-order chi connectivity index (χ1) is 14.5. The van der Waals surface area contributed by atoms with Crippen molar-refractivity contribution in [3.63, 3.8) is 0 Å². The summed E-state index contributed by atoms with van der Waals surface area (Å²) in [4.78, 5) is 28.6. The van der Waals surface area contributed by atoms with Crippen LogP contribution in [0.2, 0.25) is 5.02 Å². The van der Waals surface area contributed by atoms with Gasteiger partial charge in [-0.3, -0.25) is 0 Å². The zero-order chi connectivity index (χ0) is 21.1. The summed E-state index contributed by atoms with van der Waals surface area (Å²) in [5.41, 5.74) is 1.84. The van der Waals surface area contributed by atoms with Crippen molar-refractivity contribution in [2.24, 2.45) is 4.99 Å². The van der Waals surface area contributed by atoms with E-state index in [2.05, 4.69) is 20.9 Å². The average Bonchev–Trinajstić information content (AvgIpc) is 3.10. The summed E-state index contributed by atoms with van der Waals surface area (Å²) in [5.74, 6) is -0.473. The van der Waals surface area contributed by atoms with Gasteiger partial charge >= 0.3 is 11.9 Å². The molecule has 1 aliphatic heterocycles. The molecule has 3 aromatic rings. The number of benzene rings is 3. The number of nitrogens with zero attached hydrogens (tertiary/aromatic N) is 1. The fourth-order valence-electron chi connectivity index (χ4n) is 2.73. The minimum atomic E-state index is -0.560. The van der Waals surface area contributed by atoms with E-state index < -0.39 is 11.9 Å². The maximum atomic E-state index is 12.2. The van der Waals surface area contributed by atoms with E-state index in [1.165, 1.54) is 0 Å². The Hall–Kier alpha value is -3.22. The standard InChI is InChI=1S/C23H13BrClNO4/c24-16-5-3-4-15(13-16)22(27)29-17-10-8-14(9-11-17)12-20-23(28)30-21(26-20)18-6-1-2-7-19(18)25/h1-13H/b20-12-. The summed E-state index contributed by atoms with van der Waals surface area (Å²) in [6, 6.07) is 20.6. The second kappa shape index (κ2) is 8.65. The van der Waals surface area contributed by atoms with E-state index in [0.29, 0.717) is 27.5 Å². The summed E-state index contributed by atoms with van der Waals surface area (Å²) in [5, 5.41) is 0.446. The summed E-state index contributed by atoms with van der Waals surface area (Å²) in [6.45, 7) is 0. The minimum absolute atomic E-state index is 0.156. The Bertz CT molecular complexity index is 1200. The molecule has 0 aromatic heterocycles. The molecule has 0 unspecified atom stereocenters. The molecule has 148 valence electrons. The molecule has 4 rings (SSSR count). The molecule has 0 radical (unpaired) electrons. The highest BCUT2D eigenvalue weighted by atomic mass is 79.9. The van der Waals surface area contributed by atoms with Crippen LogP contribution >= 0.6 is 27.5 Å². The van der Waals surface area contributed by atoms with Gasteiger partial charge in [-0.15, -0.1) is 0 Å². The Morgan fingerprint density at radius 3 is 2.53 bits per heavy atom. The van der Waals surface area contributed by atoms with E-state index in [0.717, 1.165) is 4.47 Å². The van der Waals surface area contributed by atoms with Crippen molar-refractivity contribution in [2.75, 3.05) is 0 Å². The third-order valence-electron chi connectivity index (χ3n) is 4.18. The molecule has 3 aromatic carbocycles. The molecule has 0 spiro atoms. The molecule has 0 saturated heterocycles. The average molecular weight is 483 g/mol. The van der Waals surface area contributed by atoms with Crippen LogP contribution in [-0.2, 0) is 9.53 Å². The predicted octanol–water partition coefficient (Wildman–Crippen LogP) is 5.67. The van der Waals surface area contributed by atoms with E-state index in [1.807, 2.05) is 6.07 Å². The highest BCUT2D eigenvalue weighted by Crippen LogP contribution is 2.24. The fourth-order valence-corrected chi connectivity index (χ4v) is 3.35. The maximum Gasteiger partial charge on any atom is 0.363 e. The number of carbonyl (C=O) groups excluding carboxylic acids is 2. The zero-order valence-corrected chi connectivity index (χ0v) is 17.7.